The molecule has 0 spiro atoms. The molecule has 0 aliphatic heterocycles. The SMILES string of the molecule is CCC(CCl)Cc1ncnn1CC. The zero-order chi connectivity index (χ0) is 9.68. The second-order valence-electron chi connectivity index (χ2n) is 3.12. The topological polar surface area (TPSA) is 30.7 Å². The minimum Gasteiger partial charge on any atom is -0.250 e. The molecule has 1 rings (SSSR count). The minimum atomic E-state index is 0.524. The van der Waals surface area contributed by atoms with E-state index in [1.807, 2.05) is 4.68 Å². The lowest BCUT2D eigenvalue weighted by Crippen LogP contribution is -2.11. The van der Waals surface area contributed by atoms with Gasteiger partial charge in [0.05, 0.1) is 0 Å². The zero-order valence-electron chi connectivity index (χ0n) is 8.20. The van der Waals surface area contributed by atoms with Gasteiger partial charge in [0.2, 0.25) is 0 Å². The van der Waals surface area contributed by atoms with E-state index in [9.17, 15) is 0 Å². The highest BCUT2D eigenvalue weighted by molar-refractivity contribution is 6.18. The summed E-state index contributed by atoms with van der Waals surface area (Å²) in [5, 5.41) is 4.12. The van der Waals surface area contributed by atoms with Crippen LogP contribution >= 0.6 is 11.6 Å². The Balaban J connectivity index is 2.61. The predicted octanol–water partition coefficient (Wildman–Crippen LogP) is 2.11. The fourth-order valence-electron chi connectivity index (χ4n) is 1.28. The van der Waals surface area contributed by atoms with E-state index in [0.717, 1.165) is 25.2 Å². The zero-order valence-corrected chi connectivity index (χ0v) is 8.96. The number of aromatic nitrogens is 3. The van der Waals surface area contributed by atoms with Crippen molar-refractivity contribution < 1.29 is 0 Å². The summed E-state index contributed by atoms with van der Waals surface area (Å²) in [7, 11) is 0. The number of alkyl halides is 1. The Labute approximate surface area is 84.1 Å². The highest BCUT2D eigenvalue weighted by Gasteiger charge is 2.10. The van der Waals surface area contributed by atoms with Crippen LogP contribution in [0.15, 0.2) is 6.33 Å². The van der Waals surface area contributed by atoms with Gasteiger partial charge in [-0.1, -0.05) is 13.3 Å². The first-order valence-corrected chi connectivity index (χ1v) is 5.27. The third kappa shape index (κ3) is 2.69. The largest absolute Gasteiger partial charge is 0.250 e. The van der Waals surface area contributed by atoms with E-state index in [-0.39, 0.29) is 0 Å². The Morgan fingerprint density at radius 2 is 2.31 bits per heavy atom. The molecule has 0 saturated carbocycles. The second-order valence-corrected chi connectivity index (χ2v) is 3.43. The van der Waals surface area contributed by atoms with Crippen molar-refractivity contribution in [2.24, 2.45) is 5.92 Å². The summed E-state index contributed by atoms with van der Waals surface area (Å²) in [6.07, 6.45) is 3.65. The van der Waals surface area contributed by atoms with Crippen LogP contribution in [0.1, 0.15) is 26.1 Å². The van der Waals surface area contributed by atoms with Crippen molar-refractivity contribution in [3.8, 4) is 0 Å². The Hall–Kier alpha value is -0.570. The molecule has 1 unspecified atom stereocenters. The molecular formula is C9H16ClN3. The van der Waals surface area contributed by atoms with E-state index in [0.29, 0.717) is 11.8 Å². The monoisotopic (exact) mass is 201 g/mol. The van der Waals surface area contributed by atoms with Crippen molar-refractivity contribution in [2.45, 2.75) is 33.2 Å². The molecule has 0 saturated heterocycles. The van der Waals surface area contributed by atoms with Gasteiger partial charge in [0.1, 0.15) is 12.2 Å². The lowest BCUT2D eigenvalue weighted by Gasteiger charge is -2.10. The van der Waals surface area contributed by atoms with E-state index in [4.69, 9.17) is 11.6 Å². The summed E-state index contributed by atoms with van der Waals surface area (Å²) < 4.78 is 1.93. The predicted molar refractivity (Wildman–Crippen MR) is 53.9 cm³/mol. The average molecular weight is 202 g/mol. The number of aryl methyl sites for hydroxylation is 1. The molecule has 3 nitrogen and oxygen atoms in total. The summed E-state index contributed by atoms with van der Waals surface area (Å²) in [4.78, 5) is 4.22. The van der Waals surface area contributed by atoms with E-state index in [2.05, 4.69) is 23.9 Å². The third-order valence-corrected chi connectivity index (χ3v) is 2.70. The molecule has 4 heteroatoms. The second kappa shape index (κ2) is 5.22. The smallest absolute Gasteiger partial charge is 0.138 e. The van der Waals surface area contributed by atoms with Crippen molar-refractivity contribution in [1.29, 1.82) is 0 Å². The molecule has 1 aromatic heterocycles. The summed E-state index contributed by atoms with van der Waals surface area (Å²) >= 11 is 5.82. The van der Waals surface area contributed by atoms with Crippen molar-refractivity contribution in [1.82, 2.24) is 14.8 Å². The van der Waals surface area contributed by atoms with Gasteiger partial charge in [-0.2, -0.15) is 5.10 Å². The molecule has 0 radical (unpaired) electrons. The molecule has 74 valence electrons. The van der Waals surface area contributed by atoms with Crippen LogP contribution in [0.4, 0.5) is 0 Å². The average Bonchev–Trinajstić information content (AvgIpc) is 2.61. The first kappa shape index (κ1) is 10.5. The van der Waals surface area contributed by atoms with Gasteiger partial charge in [-0.25, -0.2) is 4.98 Å². The van der Waals surface area contributed by atoms with Crippen molar-refractivity contribution in [3.63, 3.8) is 0 Å². The first-order chi connectivity index (χ1) is 6.31. The highest BCUT2D eigenvalue weighted by Crippen LogP contribution is 2.11. The van der Waals surface area contributed by atoms with Gasteiger partial charge in [0, 0.05) is 18.8 Å². The van der Waals surface area contributed by atoms with E-state index >= 15 is 0 Å². The number of rotatable bonds is 5. The number of hydrogen-bond acceptors (Lipinski definition) is 2. The molecular weight excluding hydrogens is 186 g/mol. The normalized spacial score (nSPS) is 13.2. The molecule has 0 fully saturated rings. The Kier molecular flexibility index (Phi) is 4.22. The third-order valence-electron chi connectivity index (χ3n) is 2.26. The van der Waals surface area contributed by atoms with Gasteiger partial charge in [-0.3, -0.25) is 4.68 Å². The van der Waals surface area contributed by atoms with E-state index in [1.54, 1.807) is 6.33 Å². The molecule has 0 aliphatic rings. The lowest BCUT2D eigenvalue weighted by molar-refractivity contribution is 0.514. The van der Waals surface area contributed by atoms with Gasteiger partial charge in [0.15, 0.2) is 0 Å². The highest BCUT2D eigenvalue weighted by atomic mass is 35.5. The van der Waals surface area contributed by atoms with Crippen LogP contribution in [0.2, 0.25) is 0 Å². The minimum absolute atomic E-state index is 0.524. The summed E-state index contributed by atoms with van der Waals surface area (Å²) in [5.41, 5.74) is 0. The molecule has 0 aromatic carbocycles. The van der Waals surface area contributed by atoms with Gasteiger partial charge in [-0.15, -0.1) is 11.6 Å². The van der Waals surface area contributed by atoms with Crippen LogP contribution in [0, 0.1) is 5.92 Å². The molecule has 0 aliphatic carbocycles. The summed E-state index contributed by atoms with van der Waals surface area (Å²) in [6, 6.07) is 0. The first-order valence-electron chi connectivity index (χ1n) is 4.74. The van der Waals surface area contributed by atoms with E-state index in [1.165, 1.54) is 0 Å². The van der Waals surface area contributed by atoms with Crippen LogP contribution in [-0.4, -0.2) is 20.6 Å². The molecule has 1 heterocycles. The van der Waals surface area contributed by atoms with Crippen LogP contribution in [-0.2, 0) is 13.0 Å². The molecule has 13 heavy (non-hydrogen) atoms. The maximum absolute atomic E-state index is 5.82. The Morgan fingerprint density at radius 1 is 1.54 bits per heavy atom. The Morgan fingerprint density at radius 3 is 2.85 bits per heavy atom. The number of nitrogens with zero attached hydrogens (tertiary/aromatic N) is 3. The maximum Gasteiger partial charge on any atom is 0.138 e. The standard InChI is InChI=1S/C9H16ClN3/c1-3-8(6-10)5-9-11-7-12-13(9)4-2/h7-8H,3-6H2,1-2H3. The molecule has 0 amide bonds. The van der Waals surface area contributed by atoms with E-state index < -0.39 is 0 Å². The Bertz CT molecular complexity index is 243. The van der Waals surface area contributed by atoms with Crippen LogP contribution in [0.5, 0.6) is 0 Å². The molecule has 1 aromatic rings. The van der Waals surface area contributed by atoms with Gasteiger partial charge < -0.3 is 0 Å². The molecule has 0 N–H and O–H groups in total. The number of halogens is 1. The molecule has 0 bridgehead atoms. The van der Waals surface area contributed by atoms with Crippen molar-refractivity contribution >= 4 is 11.6 Å². The maximum atomic E-state index is 5.82. The van der Waals surface area contributed by atoms with Crippen molar-refractivity contribution in [2.75, 3.05) is 5.88 Å². The summed E-state index contributed by atoms with van der Waals surface area (Å²) in [5.74, 6) is 2.28. The van der Waals surface area contributed by atoms with Crippen molar-refractivity contribution in [3.05, 3.63) is 12.2 Å². The van der Waals surface area contributed by atoms with Crippen LogP contribution < -0.4 is 0 Å². The van der Waals surface area contributed by atoms with Gasteiger partial charge >= 0.3 is 0 Å². The quantitative estimate of drug-likeness (QED) is 0.684. The summed E-state index contributed by atoms with van der Waals surface area (Å²) in [6.45, 7) is 5.10. The van der Waals surface area contributed by atoms with Crippen LogP contribution in [0.25, 0.3) is 0 Å². The van der Waals surface area contributed by atoms with Gasteiger partial charge in [0.25, 0.3) is 0 Å². The molecule has 1 atom stereocenters. The lowest BCUT2D eigenvalue weighted by atomic mass is 10.0. The van der Waals surface area contributed by atoms with Crippen LogP contribution in [0.3, 0.4) is 0 Å². The fraction of sp³-hybridized carbons (Fsp3) is 0.778. The van der Waals surface area contributed by atoms with Gasteiger partial charge in [-0.05, 0) is 12.8 Å². The fourth-order valence-corrected chi connectivity index (χ4v) is 1.60. The number of hydrogen-bond donors (Lipinski definition) is 0.